The minimum Gasteiger partial charge on any atom is -0.492 e. The lowest BCUT2D eigenvalue weighted by Crippen LogP contribution is -2.12. The number of aromatic hydroxyl groups is 1. The lowest BCUT2D eigenvalue weighted by molar-refractivity contribution is -0.141. The van der Waals surface area contributed by atoms with E-state index in [1.165, 1.54) is 13.2 Å². The topological polar surface area (TPSA) is 77.2 Å². The first-order valence-electron chi connectivity index (χ1n) is 7.20. The van der Waals surface area contributed by atoms with Gasteiger partial charge in [-0.25, -0.2) is 0 Å². The Kier molecular flexibility index (Phi) is 3.73. The third-order valence-electron chi connectivity index (χ3n) is 3.90. The van der Waals surface area contributed by atoms with Crippen molar-refractivity contribution in [3.05, 3.63) is 41.6 Å². The highest BCUT2D eigenvalue weighted by Gasteiger charge is 2.19. The second-order valence-electron chi connectivity index (χ2n) is 5.42. The average molecular weight is 311 g/mol. The smallest absolute Gasteiger partial charge is 0.325 e. The van der Waals surface area contributed by atoms with E-state index >= 15 is 0 Å². The largest absolute Gasteiger partial charge is 0.492 e. The van der Waals surface area contributed by atoms with Crippen LogP contribution in [0.4, 0.5) is 0 Å². The highest BCUT2D eigenvalue weighted by atomic mass is 16.5. The quantitative estimate of drug-likeness (QED) is 0.752. The van der Waals surface area contributed by atoms with Gasteiger partial charge in [-0.3, -0.25) is 4.79 Å². The van der Waals surface area contributed by atoms with Crippen molar-refractivity contribution in [2.24, 2.45) is 0 Å². The molecule has 118 valence electrons. The standard InChI is InChI=1S/C17H17N3O3/c1-10-4-6-14-12(8-10)17(13-5-7-15(21)19-18-13)11(2)20(14)9-16(22)23-3/h4-8H,9H2,1-3H3,(H,19,21). The molecule has 0 fully saturated rings. The number of aromatic nitrogens is 3. The van der Waals surface area contributed by atoms with E-state index in [0.29, 0.717) is 5.69 Å². The number of esters is 1. The van der Waals surface area contributed by atoms with Gasteiger partial charge < -0.3 is 14.4 Å². The number of fused-ring (bicyclic) bond motifs is 1. The van der Waals surface area contributed by atoms with Gasteiger partial charge in [-0.1, -0.05) is 11.6 Å². The predicted molar refractivity (Wildman–Crippen MR) is 86.1 cm³/mol. The zero-order valence-electron chi connectivity index (χ0n) is 13.2. The third kappa shape index (κ3) is 2.63. The van der Waals surface area contributed by atoms with Crippen molar-refractivity contribution < 1.29 is 14.6 Å². The molecule has 23 heavy (non-hydrogen) atoms. The van der Waals surface area contributed by atoms with Crippen molar-refractivity contribution in [3.8, 4) is 17.1 Å². The van der Waals surface area contributed by atoms with Crippen LogP contribution in [0.3, 0.4) is 0 Å². The van der Waals surface area contributed by atoms with Crippen LogP contribution in [0.1, 0.15) is 11.3 Å². The van der Waals surface area contributed by atoms with Gasteiger partial charge >= 0.3 is 5.97 Å². The average Bonchev–Trinajstić information content (AvgIpc) is 2.80. The fraction of sp³-hybridized carbons (Fsp3) is 0.235. The summed E-state index contributed by atoms with van der Waals surface area (Å²) in [6, 6.07) is 9.26. The molecule has 0 aliphatic rings. The molecule has 2 heterocycles. The Morgan fingerprint density at radius 2 is 2.00 bits per heavy atom. The molecule has 0 atom stereocenters. The summed E-state index contributed by atoms with van der Waals surface area (Å²) < 4.78 is 6.70. The SMILES string of the molecule is COC(=O)Cn1c(C)c(-c2ccc(O)nn2)c2cc(C)ccc21. The van der Waals surface area contributed by atoms with Gasteiger partial charge in [0.15, 0.2) is 0 Å². The molecule has 0 unspecified atom stereocenters. The number of rotatable bonds is 3. The zero-order chi connectivity index (χ0) is 16.6. The molecule has 0 saturated heterocycles. The van der Waals surface area contributed by atoms with Crippen molar-refractivity contribution >= 4 is 16.9 Å². The van der Waals surface area contributed by atoms with Crippen molar-refractivity contribution in [2.75, 3.05) is 7.11 Å². The lowest BCUT2D eigenvalue weighted by Gasteiger charge is -2.07. The number of carbonyl (C=O) groups excluding carboxylic acids is 1. The summed E-state index contributed by atoms with van der Waals surface area (Å²) in [4.78, 5) is 11.7. The van der Waals surface area contributed by atoms with Crippen molar-refractivity contribution in [2.45, 2.75) is 20.4 Å². The maximum Gasteiger partial charge on any atom is 0.325 e. The molecule has 6 nitrogen and oxygen atoms in total. The van der Waals surface area contributed by atoms with E-state index in [1.807, 2.05) is 30.5 Å². The predicted octanol–water partition coefficient (Wildman–Crippen LogP) is 2.59. The van der Waals surface area contributed by atoms with Crippen LogP contribution < -0.4 is 0 Å². The molecule has 6 heteroatoms. The second-order valence-corrected chi connectivity index (χ2v) is 5.42. The molecular weight excluding hydrogens is 294 g/mol. The monoisotopic (exact) mass is 311 g/mol. The van der Waals surface area contributed by atoms with Crippen LogP contribution in [0.5, 0.6) is 5.88 Å². The Labute approximate surface area is 133 Å². The fourth-order valence-corrected chi connectivity index (χ4v) is 2.78. The number of methoxy groups -OCH3 is 1. The van der Waals surface area contributed by atoms with Gasteiger partial charge in [0.25, 0.3) is 0 Å². The van der Waals surface area contributed by atoms with Crippen LogP contribution in [0.15, 0.2) is 30.3 Å². The van der Waals surface area contributed by atoms with Gasteiger partial charge in [0, 0.05) is 28.2 Å². The van der Waals surface area contributed by atoms with Gasteiger partial charge in [0.05, 0.1) is 12.8 Å². The number of hydrogen-bond acceptors (Lipinski definition) is 5. The van der Waals surface area contributed by atoms with Crippen molar-refractivity contribution in [3.63, 3.8) is 0 Å². The second kappa shape index (κ2) is 5.72. The Bertz CT molecular complexity index is 882. The van der Waals surface area contributed by atoms with Crippen LogP contribution in [-0.4, -0.2) is 33.0 Å². The maximum atomic E-state index is 11.7. The van der Waals surface area contributed by atoms with Crippen LogP contribution in [0.2, 0.25) is 0 Å². The fourth-order valence-electron chi connectivity index (χ4n) is 2.78. The minimum atomic E-state index is -0.311. The minimum absolute atomic E-state index is 0.124. The molecule has 0 spiro atoms. The van der Waals surface area contributed by atoms with E-state index in [0.717, 1.165) is 27.7 Å². The van der Waals surface area contributed by atoms with Gasteiger partial charge in [-0.05, 0) is 32.0 Å². The molecule has 2 aromatic heterocycles. The van der Waals surface area contributed by atoms with E-state index in [1.54, 1.807) is 6.07 Å². The van der Waals surface area contributed by atoms with Gasteiger partial charge in [-0.2, -0.15) is 0 Å². The molecule has 3 rings (SSSR count). The summed E-state index contributed by atoms with van der Waals surface area (Å²) in [6.07, 6.45) is 0. The highest BCUT2D eigenvalue weighted by molar-refractivity contribution is 5.98. The highest BCUT2D eigenvalue weighted by Crippen LogP contribution is 2.34. The molecule has 1 aromatic carbocycles. The molecule has 0 bridgehead atoms. The van der Waals surface area contributed by atoms with Gasteiger partial charge in [-0.15, -0.1) is 10.2 Å². The number of nitrogens with zero attached hydrogens (tertiary/aromatic N) is 3. The summed E-state index contributed by atoms with van der Waals surface area (Å²) in [6.45, 7) is 4.08. The molecule has 0 saturated carbocycles. The number of benzene rings is 1. The Hall–Kier alpha value is -2.89. The number of carbonyl (C=O) groups is 1. The van der Waals surface area contributed by atoms with Crippen LogP contribution >= 0.6 is 0 Å². The van der Waals surface area contributed by atoms with Crippen molar-refractivity contribution in [1.29, 1.82) is 0 Å². The van der Waals surface area contributed by atoms with E-state index in [2.05, 4.69) is 16.3 Å². The van der Waals surface area contributed by atoms with Crippen LogP contribution in [-0.2, 0) is 16.1 Å². The molecule has 0 aliphatic heterocycles. The Morgan fingerprint density at radius 3 is 2.65 bits per heavy atom. The van der Waals surface area contributed by atoms with E-state index in [9.17, 15) is 9.90 Å². The van der Waals surface area contributed by atoms with Gasteiger partial charge in [0.2, 0.25) is 5.88 Å². The molecule has 0 aliphatic carbocycles. The molecule has 1 N–H and O–H groups in total. The Morgan fingerprint density at radius 1 is 1.22 bits per heavy atom. The number of ether oxygens (including phenoxy) is 1. The van der Waals surface area contributed by atoms with E-state index in [-0.39, 0.29) is 18.4 Å². The number of hydrogen-bond donors (Lipinski definition) is 1. The zero-order valence-corrected chi connectivity index (χ0v) is 13.2. The van der Waals surface area contributed by atoms with E-state index < -0.39 is 0 Å². The Balaban J connectivity index is 2.28. The molecule has 3 aromatic rings. The lowest BCUT2D eigenvalue weighted by atomic mass is 10.1. The first-order valence-corrected chi connectivity index (χ1v) is 7.20. The summed E-state index contributed by atoms with van der Waals surface area (Å²) in [5, 5.41) is 18.1. The van der Waals surface area contributed by atoms with Crippen LogP contribution in [0.25, 0.3) is 22.2 Å². The maximum absolute atomic E-state index is 11.7. The summed E-state index contributed by atoms with van der Waals surface area (Å²) in [5.41, 5.74) is 4.50. The third-order valence-corrected chi connectivity index (χ3v) is 3.90. The first-order chi connectivity index (χ1) is 11.0. The molecule has 0 amide bonds. The van der Waals surface area contributed by atoms with Crippen LogP contribution in [0, 0.1) is 13.8 Å². The summed E-state index contributed by atoms with van der Waals surface area (Å²) in [5.74, 6) is -0.435. The molecular formula is C17H17N3O3. The first kappa shape index (κ1) is 15.0. The van der Waals surface area contributed by atoms with Gasteiger partial charge in [0.1, 0.15) is 6.54 Å². The van der Waals surface area contributed by atoms with E-state index in [4.69, 9.17) is 4.74 Å². The molecule has 0 radical (unpaired) electrons. The van der Waals surface area contributed by atoms with Crippen molar-refractivity contribution in [1.82, 2.24) is 14.8 Å². The number of aryl methyl sites for hydroxylation is 1. The summed E-state index contributed by atoms with van der Waals surface area (Å²) in [7, 11) is 1.37. The summed E-state index contributed by atoms with van der Waals surface area (Å²) >= 11 is 0. The normalized spacial score (nSPS) is 10.9.